The third kappa shape index (κ3) is 5.12. The van der Waals surface area contributed by atoms with Gasteiger partial charge in [-0.25, -0.2) is 0 Å². The molecule has 4 saturated heterocycles. The van der Waals surface area contributed by atoms with Crippen LogP contribution in [0.3, 0.4) is 0 Å². The molecule has 12 aliphatic rings. The third-order valence-corrected chi connectivity index (χ3v) is 23.2. The molecule has 4 aliphatic heterocycles. The number of aromatic nitrogens is 2. The predicted octanol–water partition coefficient (Wildman–Crippen LogP) is 5.65. The monoisotopic (exact) mass is 941 g/mol. The molecule has 22 atom stereocenters. The Balaban J connectivity index is 0.784. The number of carbonyl (C=O) groups excluding carboxylic acids is 1. The molecule has 5 N–H and O–H groups in total. The van der Waals surface area contributed by atoms with E-state index < -0.39 is 69.5 Å². The van der Waals surface area contributed by atoms with Crippen LogP contribution in [0.25, 0.3) is 0 Å². The van der Waals surface area contributed by atoms with Crippen molar-refractivity contribution < 1.29 is 54.0 Å². The molecular formula is C55H76N2O11. The number of Topliss-reactive ketones (excluding diaryl/α,β-unsaturated/α-hetero) is 1. The van der Waals surface area contributed by atoms with Crippen molar-refractivity contribution in [1.29, 1.82) is 0 Å². The topological polar surface area (TPSA) is 190 Å². The van der Waals surface area contributed by atoms with Crippen LogP contribution >= 0.6 is 0 Å². The van der Waals surface area contributed by atoms with Crippen LogP contribution in [0, 0.1) is 74.9 Å². The van der Waals surface area contributed by atoms with Gasteiger partial charge < -0.3 is 49.2 Å². The Hall–Kier alpha value is -2.17. The van der Waals surface area contributed by atoms with Gasteiger partial charge in [0.15, 0.2) is 5.79 Å². The Kier molecular flexibility index (Phi) is 9.34. The summed E-state index contributed by atoms with van der Waals surface area (Å²) >= 11 is 0. The number of allylic oxidation sites excluding steroid dienone is 1. The number of rotatable bonds is 2. The van der Waals surface area contributed by atoms with E-state index in [1.165, 1.54) is 5.57 Å². The number of methoxy groups -OCH3 is 1. The maximum Gasteiger partial charge on any atom is 0.201 e. The second-order valence-corrected chi connectivity index (χ2v) is 26.3. The normalized spacial score (nSPS) is 56.6. The SMILES string of the molecule is CO[C@H]1c2nc3c(nc2C[C@@H]2CC[C@H]4C5=CC[C@@H]6C(C)C7(OCC56C(=O)C[C@@H]4[C@]21C)OC(C)(C)C[C@H]7O)C[C@@]1(C)[C@@H](CC[C@H]2C4=C[C@@H]5OC6(O[C@](C)(CO)C[C@H]6O)C(C)[C@]5(O)[C@@]4(C)[C@H](O)C[C@@H]21)C3. The van der Waals surface area contributed by atoms with Crippen molar-refractivity contribution in [3.8, 4) is 0 Å². The van der Waals surface area contributed by atoms with Crippen LogP contribution in [0.4, 0.5) is 0 Å². The van der Waals surface area contributed by atoms with Crippen molar-refractivity contribution in [2.24, 2.45) is 74.9 Å². The van der Waals surface area contributed by atoms with E-state index in [2.05, 4.69) is 32.9 Å². The first-order chi connectivity index (χ1) is 32.0. The van der Waals surface area contributed by atoms with E-state index in [0.717, 1.165) is 79.7 Å². The first kappa shape index (κ1) is 45.7. The summed E-state index contributed by atoms with van der Waals surface area (Å²) in [5, 5.41) is 58.4. The summed E-state index contributed by atoms with van der Waals surface area (Å²) in [6, 6.07) is 0. The summed E-state index contributed by atoms with van der Waals surface area (Å²) in [6.45, 7) is 16.6. The number of fused-ring (bicyclic) bond motifs is 13. The van der Waals surface area contributed by atoms with Crippen molar-refractivity contribution in [2.45, 2.75) is 191 Å². The predicted molar refractivity (Wildman–Crippen MR) is 246 cm³/mol. The minimum Gasteiger partial charge on any atom is -0.393 e. The molecule has 68 heavy (non-hydrogen) atoms. The van der Waals surface area contributed by atoms with Gasteiger partial charge in [-0.1, -0.05) is 57.9 Å². The van der Waals surface area contributed by atoms with Gasteiger partial charge in [0, 0.05) is 49.0 Å². The van der Waals surface area contributed by atoms with Crippen LogP contribution in [0.2, 0.25) is 0 Å². The molecule has 0 bridgehead atoms. The molecular weight excluding hydrogens is 865 g/mol. The average Bonchev–Trinajstić information content (AvgIpc) is 4.01. The highest BCUT2D eigenvalue weighted by atomic mass is 16.7. The molecule has 5 heterocycles. The standard InChI is InChI=1S/C55H76N2O11/c1-26-32-14-15-33-30-13-11-29-17-38-45(46(64-9)50(29,7)35(30)19-41(60)52(32,33)25-65-54(26)42(61)22-47(3,4)67-54)57-37-16-28-10-12-31-34(49(28,6)21-39(37)56-38)18-40(59)51(8)36(31)20-44-53(51,63)27(2)55(66-44)43(62)23-48(5,24-58)68-55/h15,20,26-32,34-35,40,42-44,46,58-59,61-63H,10-14,16-19,21-25H2,1-9H3/t26?,27?,28-,29-,30-,31+,32+,34-,35-,40+,42+,43+,44-,46-,48-,49-,50-,51+,52?,53+,54?,55?/m0/s1. The highest BCUT2D eigenvalue weighted by Gasteiger charge is 2.79. The first-order valence-electron chi connectivity index (χ1n) is 26.5. The average molecular weight is 941 g/mol. The number of hydrogen-bond donors (Lipinski definition) is 5. The Labute approximate surface area is 401 Å². The van der Waals surface area contributed by atoms with Crippen LogP contribution in [0.5, 0.6) is 0 Å². The van der Waals surface area contributed by atoms with E-state index in [0.29, 0.717) is 25.2 Å². The molecule has 1 aromatic heterocycles. The molecule has 13 heteroatoms. The van der Waals surface area contributed by atoms with Gasteiger partial charge in [-0.3, -0.25) is 14.8 Å². The molecule has 0 amide bonds. The van der Waals surface area contributed by atoms with Crippen LogP contribution < -0.4 is 0 Å². The Bertz CT molecular complexity index is 2440. The molecule has 8 fully saturated rings. The van der Waals surface area contributed by atoms with Crippen molar-refractivity contribution >= 4 is 5.78 Å². The third-order valence-electron chi connectivity index (χ3n) is 23.2. The maximum atomic E-state index is 15.1. The van der Waals surface area contributed by atoms with Crippen LogP contribution in [0.15, 0.2) is 23.3 Å². The molecule has 8 aliphatic carbocycles. The molecule has 4 saturated carbocycles. The lowest BCUT2D eigenvalue weighted by atomic mass is 9.44. The van der Waals surface area contributed by atoms with Gasteiger partial charge in [0.1, 0.15) is 35.8 Å². The zero-order valence-corrected chi connectivity index (χ0v) is 41.7. The smallest absolute Gasteiger partial charge is 0.201 e. The minimum atomic E-state index is -1.51. The van der Waals surface area contributed by atoms with Gasteiger partial charge in [0.2, 0.25) is 5.79 Å². The van der Waals surface area contributed by atoms with Crippen molar-refractivity contribution in [3.63, 3.8) is 0 Å². The summed E-state index contributed by atoms with van der Waals surface area (Å²) in [7, 11) is 1.82. The highest BCUT2D eigenvalue weighted by molar-refractivity contribution is 5.91. The van der Waals surface area contributed by atoms with Gasteiger partial charge in [-0.2, -0.15) is 0 Å². The Morgan fingerprint density at radius 1 is 0.794 bits per heavy atom. The van der Waals surface area contributed by atoms with Gasteiger partial charge in [0.05, 0.1) is 58.7 Å². The van der Waals surface area contributed by atoms with Gasteiger partial charge in [-0.15, -0.1) is 0 Å². The van der Waals surface area contributed by atoms with E-state index >= 15 is 4.79 Å². The summed E-state index contributed by atoms with van der Waals surface area (Å²) in [4.78, 5) is 26.3. The fraction of sp³-hybridized carbons (Fsp3) is 0.836. The number of aliphatic hydroxyl groups is 5. The molecule has 5 unspecified atom stereocenters. The molecule has 1 aromatic rings. The summed E-state index contributed by atoms with van der Waals surface area (Å²) in [6.07, 6.45) is 9.58. The summed E-state index contributed by atoms with van der Waals surface area (Å²) < 4.78 is 33.0. The summed E-state index contributed by atoms with van der Waals surface area (Å²) in [5.74, 6) is -1.85. The largest absolute Gasteiger partial charge is 0.393 e. The zero-order valence-electron chi connectivity index (χ0n) is 41.7. The van der Waals surface area contributed by atoms with E-state index in [4.69, 9.17) is 33.7 Å². The van der Waals surface area contributed by atoms with Crippen LogP contribution in [0.1, 0.15) is 142 Å². The van der Waals surface area contributed by atoms with Crippen LogP contribution in [-0.4, -0.2) is 114 Å². The van der Waals surface area contributed by atoms with E-state index in [-0.39, 0.29) is 83.8 Å². The van der Waals surface area contributed by atoms with Crippen molar-refractivity contribution in [2.75, 3.05) is 20.3 Å². The summed E-state index contributed by atoms with van der Waals surface area (Å²) in [5.41, 5.74) is 1.26. The number of nitrogens with zero attached hydrogens (tertiary/aromatic N) is 2. The van der Waals surface area contributed by atoms with Crippen molar-refractivity contribution in [1.82, 2.24) is 9.97 Å². The molecule has 0 radical (unpaired) electrons. The van der Waals surface area contributed by atoms with Crippen molar-refractivity contribution in [3.05, 3.63) is 46.1 Å². The Morgan fingerprint density at radius 2 is 1.50 bits per heavy atom. The first-order valence-corrected chi connectivity index (χ1v) is 26.5. The molecule has 0 aromatic carbocycles. The minimum absolute atomic E-state index is 0.0246. The number of ketones is 1. The van der Waals surface area contributed by atoms with E-state index in [1.54, 1.807) is 6.92 Å². The number of hydrogen-bond acceptors (Lipinski definition) is 13. The fourth-order valence-electron chi connectivity index (χ4n) is 19.7. The fourth-order valence-corrected chi connectivity index (χ4v) is 19.7. The van der Waals surface area contributed by atoms with E-state index in [1.807, 2.05) is 34.8 Å². The zero-order chi connectivity index (χ0) is 47.9. The second kappa shape index (κ2) is 13.9. The van der Waals surface area contributed by atoms with Gasteiger partial charge in [-0.05, 0) is 125 Å². The lowest BCUT2D eigenvalue weighted by molar-refractivity contribution is -0.336. The quantitative estimate of drug-likeness (QED) is 0.229. The lowest BCUT2D eigenvalue weighted by Crippen LogP contribution is -2.65. The molecule has 13 rings (SSSR count). The van der Waals surface area contributed by atoms with Gasteiger partial charge in [0.25, 0.3) is 0 Å². The highest BCUT2D eigenvalue weighted by Crippen LogP contribution is 2.73. The second-order valence-electron chi connectivity index (χ2n) is 26.3. The maximum absolute atomic E-state index is 15.1. The molecule has 13 nitrogen and oxygen atoms in total. The number of carbonyl (C=O) groups is 1. The number of aliphatic hydroxyl groups excluding tert-OH is 4. The molecule has 372 valence electrons. The molecule has 3 spiro atoms. The van der Waals surface area contributed by atoms with Gasteiger partial charge >= 0.3 is 0 Å². The lowest BCUT2D eigenvalue weighted by Gasteiger charge is -2.62. The van der Waals surface area contributed by atoms with E-state index in [9.17, 15) is 25.5 Å². The Morgan fingerprint density at radius 3 is 2.19 bits per heavy atom. The number of ether oxygens (including phenoxy) is 5. The van der Waals surface area contributed by atoms with Crippen LogP contribution in [-0.2, 0) is 47.7 Å².